The Morgan fingerprint density at radius 1 is 0.597 bits per heavy atom. The van der Waals surface area contributed by atoms with Gasteiger partial charge in [-0.25, -0.2) is 19.9 Å². The predicted octanol–water partition coefficient (Wildman–Crippen LogP) is 9.73. The Hall–Kier alpha value is -7.51. The first-order valence-electron chi connectivity index (χ1n) is 23.0. The van der Waals surface area contributed by atoms with Gasteiger partial charge in [-0.1, -0.05) is 72.8 Å². The number of amides is 2. The minimum atomic E-state index is -0.476. The summed E-state index contributed by atoms with van der Waals surface area (Å²) in [5.74, 6) is -0.0564. The summed E-state index contributed by atoms with van der Waals surface area (Å²) in [5, 5.41) is 2.00. The number of ether oxygens (including phenoxy) is 1. The topological polar surface area (TPSA) is 176 Å². The number of fused-ring (bicyclic) bond motifs is 2. The van der Waals surface area contributed by atoms with Crippen LogP contribution in [0.1, 0.15) is 73.9 Å². The second-order valence-electron chi connectivity index (χ2n) is 18.4. The quantitative estimate of drug-likeness (QED) is 0.125. The van der Waals surface area contributed by atoms with Crippen LogP contribution in [0, 0.1) is 5.92 Å². The summed E-state index contributed by atoms with van der Waals surface area (Å²) in [6.07, 6.45) is 7.21. The molecule has 67 heavy (non-hydrogen) atoms. The van der Waals surface area contributed by atoms with Gasteiger partial charge < -0.3 is 30.2 Å². The molecule has 13 heteroatoms. The van der Waals surface area contributed by atoms with Gasteiger partial charge in [0.25, 0.3) is 11.8 Å². The van der Waals surface area contributed by atoms with Crippen molar-refractivity contribution in [2.45, 2.75) is 64.5 Å². The first kappa shape index (κ1) is 44.7. The van der Waals surface area contributed by atoms with Crippen LogP contribution in [0.2, 0.25) is 0 Å². The van der Waals surface area contributed by atoms with Gasteiger partial charge in [0.2, 0.25) is 0 Å². The molecule has 0 saturated carbocycles. The SMILES string of the molecule is CC(C)(C)OC(=O)CC1CCN(C(=O)c2cccc(-c3cnc4[nH]c(-c5ccccc5)cc4c3)n2)CC1.NC1CCN(C(=O)c2cccc(-c3cnc4[nH]c(-c5ccccc5)cc4c3)n2)CC1. The van der Waals surface area contributed by atoms with Crippen LogP contribution in [-0.4, -0.2) is 95.3 Å². The molecule has 2 aliphatic heterocycles. The number of piperidine rings is 2. The van der Waals surface area contributed by atoms with Gasteiger partial charge in [-0.15, -0.1) is 0 Å². The lowest BCUT2D eigenvalue weighted by Crippen LogP contribution is -2.43. The minimum absolute atomic E-state index is 0.0363. The van der Waals surface area contributed by atoms with Gasteiger partial charge in [0.1, 0.15) is 28.3 Å². The lowest BCUT2D eigenvalue weighted by molar-refractivity contribution is -0.156. The molecule has 0 unspecified atom stereocenters. The third-order valence-corrected chi connectivity index (χ3v) is 12.2. The van der Waals surface area contributed by atoms with Crippen LogP contribution < -0.4 is 5.73 Å². The maximum atomic E-state index is 13.2. The van der Waals surface area contributed by atoms with E-state index in [1.165, 1.54) is 0 Å². The second-order valence-corrected chi connectivity index (χ2v) is 18.4. The molecule has 2 aromatic carbocycles. The summed E-state index contributed by atoms with van der Waals surface area (Å²) in [6.45, 7) is 8.22. The van der Waals surface area contributed by atoms with E-state index in [2.05, 4.69) is 72.4 Å². The highest BCUT2D eigenvalue weighted by atomic mass is 16.6. The molecule has 0 spiro atoms. The molecule has 0 bridgehead atoms. The molecule has 4 N–H and O–H groups in total. The Kier molecular flexibility index (Phi) is 13.0. The highest BCUT2D eigenvalue weighted by Crippen LogP contribution is 2.29. The van der Waals surface area contributed by atoms with Crippen LogP contribution in [0.15, 0.2) is 134 Å². The fraction of sp³-hybridized carbons (Fsp3) is 0.278. The zero-order valence-corrected chi connectivity index (χ0v) is 38.1. The van der Waals surface area contributed by atoms with Gasteiger partial charge in [0.05, 0.1) is 11.4 Å². The molecule has 13 nitrogen and oxygen atoms in total. The predicted molar refractivity (Wildman–Crippen MR) is 262 cm³/mol. The lowest BCUT2D eigenvalue weighted by Gasteiger charge is -2.32. The fourth-order valence-corrected chi connectivity index (χ4v) is 8.67. The highest BCUT2D eigenvalue weighted by Gasteiger charge is 2.28. The molecule has 340 valence electrons. The number of aromatic nitrogens is 6. The zero-order chi connectivity index (χ0) is 46.5. The van der Waals surface area contributed by atoms with E-state index >= 15 is 0 Å². The van der Waals surface area contributed by atoms with Gasteiger partial charge in [-0.3, -0.25) is 14.4 Å². The third-order valence-electron chi connectivity index (χ3n) is 12.2. The van der Waals surface area contributed by atoms with Crippen LogP contribution in [0.4, 0.5) is 0 Å². The summed E-state index contributed by atoms with van der Waals surface area (Å²) >= 11 is 0. The molecule has 10 rings (SSSR count). The average Bonchev–Trinajstić information content (AvgIpc) is 3.99. The maximum absolute atomic E-state index is 13.2. The second kappa shape index (κ2) is 19.5. The van der Waals surface area contributed by atoms with Crippen molar-refractivity contribution in [2.24, 2.45) is 11.7 Å². The molecule has 8 heterocycles. The van der Waals surface area contributed by atoms with Crippen LogP contribution >= 0.6 is 0 Å². The smallest absolute Gasteiger partial charge is 0.306 e. The molecular formula is C54H55N9O4. The van der Waals surface area contributed by atoms with Gasteiger partial charge in [-0.05, 0) is 112 Å². The number of H-pyrrole nitrogens is 2. The van der Waals surface area contributed by atoms with Crippen molar-refractivity contribution in [3.05, 3.63) is 145 Å². The molecule has 2 aliphatic rings. The Balaban J connectivity index is 0.000000171. The first-order valence-corrected chi connectivity index (χ1v) is 23.0. The van der Waals surface area contributed by atoms with Crippen LogP contribution in [0.25, 0.3) is 67.1 Å². The Labute approximate surface area is 389 Å². The van der Waals surface area contributed by atoms with E-state index in [-0.39, 0.29) is 29.7 Å². The Morgan fingerprint density at radius 2 is 1.04 bits per heavy atom. The van der Waals surface area contributed by atoms with Crippen LogP contribution in [-0.2, 0) is 9.53 Å². The standard InChI is InChI=1S/C30H32N4O3.C24H23N5O/c1-30(2,3)37-27(35)16-20-12-14-34(15-13-20)29(36)25-11-7-10-24(32-25)23-17-22-18-26(33-28(22)31-19-23)21-8-5-4-6-9-21;25-19-9-11-29(12-10-19)24(30)21-8-4-7-20(27-21)18-13-17-14-22(28-23(17)26-15-18)16-5-2-1-3-6-16/h4-11,17-20H,12-16H2,1-3H3,(H,31,33);1-8,13-15,19H,9-12,25H2,(H,26,28). The number of nitrogens with two attached hydrogens (primary N) is 1. The number of hydrogen-bond acceptors (Lipinski definition) is 9. The molecular weight excluding hydrogens is 839 g/mol. The monoisotopic (exact) mass is 893 g/mol. The molecule has 0 radical (unpaired) electrons. The van der Waals surface area contributed by atoms with Gasteiger partial charge in [-0.2, -0.15) is 0 Å². The molecule has 2 fully saturated rings. The first-order chi connectivity index (χ1) is 32.4. The Bertz CT molecular complexity index is 3020. The van der Waals surface area contributed by atoms with Crippen LogP contribution in [0.3, 0.4) is 0 Å². The number of carbonyl (C=O) groups excluding carboxylic acids is 3. The van der Waals surface area contributed by atoms with E-state index in [4.69, 9.17) is 10.5 Å². The number of nitrogens with zero attached hydrogens (tertiary/aromatic N) is 6. The molecule has 6 aromatic heterocycles. The number of likely N-dealkylation sites (tertiary alicyclic amines) is 2. The highest BCUT2D eigenvalue weighted by molar-refractivity contribution is 5.94. The molecule has 2 saturated heterocycles. The summed E-state index contributed by atoms with van der Waals surface area (Å²) < 4.78 is 5.45. The van der Waals surface area contributed by atoms with Crippen molar-refractivity contribution in [1.82, 2.24) is 39.7 Å². The summed E-state index contributed by atoms with van der Waals surface area (Å²) in [6, 6.07) is 39.8. The van der Waals surface area contributed by atoms with Gasteiger partial charge in [0, 0.05) is 84.3 Å². The summed E-state index contributed by atoms with van der Waals surface area (Å²) in [7, 11) is 0. The number of nitrogens with one attached hydrogen (secondary N) is 2. The molecule has 2 amide bonds. The Morgan fingerprint density at radius 3 is 1.49 bits per heavy atom. The van der Waals surface area contributed by atoms with Gasteiger partial charge >= 0.3 is 5.97 Å². The average molecular weight is 894 g/mol. The fourth-order valence-electron chi connectivity index (χ4n) is 8.67. The number of carbonyl (C=O) groups is 3. The normalized spacial score (nSPS) is 14.7. The van der Waals surface area contributed by atoms with Crippen molar-refractivity contribution in [3.63, 3.8) is 0 Å². The summed E-state index contributed by atoms with van der Waals surface area (Å²) in [5.41, 5.74) is 15.4. The van der Waals surface area contributed by atoms with E-state index in [9.17, 15) is 14.4 Å². The van der Waals surface area contributed by atoms with Crippen molar-refractivity contribution in [1.29, 1.82) is 0 Å². The van der Waals surface area contributed by atoms with Crippen molar-refractivity contribution in [2.75, 3.05) is 26.2 Å². The van der Waals surface area contributed by atoms with Crippen molar-refractivity contribution in [3.8, 4) is 45.0 Å². The maximum Gasteiger partial charge on any atom is 0.306 e. The molecule has 0 atom stereocenters. The number of esters is 1. The van der Waals surface area contributed by atoms with Crippen molar-refractivity contribution >= 4 is 39.9 Å². The minimum Gasteiger partial charge on any atom is -0.460 e. The number of rotatable bonds is 8. The van der Waals surface area contributed by atoms with Crippen molar-refractivity contribution < 1.29 is 19.1 Å². The number of pyridine rings is 4. The number of benzene rings is 2. The van der Waals surface area contributed by atoms with Crippen LogP contribution in [0.5, 0.6) is 0 Å². The van der Waals surface area contributed by atoms with E-state index in [0.29, 0.717) is 49.7 Å². The largest absolute Gasteiger partial charge is 0.460 e. The molecule has 0 aliphatic carbocycles. The number of aromatic amines is 2. The molecule has 8 aromatic rings. The lowest BCUT2D eigenvalue weighted by atomic mass is 9.93. The summed E-state index contributed by atoms with van der Waals surface area (Å²) in [4.78, 5) is 67.1. The third kappa shape index (κ3) is 10.8. The van der Waals surface area contributed by atoms with E-state index in [1.54, 1.807) is 24.5 Å². The van der Waals surface area contributed by atoms with E-state index < -0.39 is 5.60 Å². The van der Waals surface area contributed by atoms with Gasteiger partial charge in [0.15, 0.2) is 0 Å². The van der Waals surface area contributed by atoms with E-state index in [1.807, 2.05) is 97.3 Å². The zero-order valence-electron chi connectivity index (χ0n) is 38.1. The van der Waals surface area contributed by atoms with E-state index in [0.717, 1.165) is 87.1 Å². The number of hydrogen-bond donors (Lipinski definition) is 3.